The Hall–Kier alpha value is -0.940. The van der Waals surface area contributed by atoms with E-state index in [1.807, 2.05) is 13.8 Å². The molecule has 102 valence electrons. The van der Waals surface area contributed by atoms with Crippen LogP contribution in [0.15, 0.2) is 0 Å². The third-order valence-electron chi connectivity index (χ3n) is 3.72. The lowest BCUT2D eigenvalue weighted by atomic mass is 10.0. The summed E-state index contributed by atoms with van der Waals surface area (Å²) >= 11 is 0. The van der Waals surface area contributed by atoms with Gasteiger partial charge in [0.1, 0.15) is 0 Å². The Balaban J connectivity index is 1.91. The fourth-order valence-corrected chi connectivity index (χ4v) is 2.67. The van der Waals surface area contributed by atoms with Crippen molar-refractivity contribution in [3.05, 3.63) is 0 Å². The highest BCUT2D eigenvalue weighted by atomic mass is 16.5. The third-order valence-corrected chi connectivity index (χ3v) is 3.72. The van der Waals surface area contributed by atoms with Crippen LogP contribution in [0.3, 0.4) is 0 Å². The summed E-state index contributed by atoms with van der Waals surface area (Å²) in [5.74, 6) is -0.179. The summed E-state index contributed by atoms with van der Waals surface area (Å²) < 4.78 is 5.66. The quantitative estimate of drug-likeness (QED) is 0.750. The van der Waals surface area contributed by atoms with Crippen molar-refractivity contribution in [2.45, 2.75) is 57.7 Å². The number of carbonyl (C=O) groups excluding carboxylic acids is 2. The van der Waals surface area contributed by atoms with Gasteiger partial charge in [-0.25, -0.2) is 0 Å². The van der Waals surface area contributed by atoms with E-state index in [9.17, 15) is 9.59 Å². The fourth-order valence-electron chi connectivity index (χ4n) is 2.67. The van der Waals surface area contributed by atoms with E-state index < -0.39 is 0 Å². The van der Waals surface area contributed by atoms with Crippen LogP contribution in [0.2, 0.25) is 0 Å². The van der Waals surface area contributed by atoms with E-state index in [0.717, 1.165) is 19.4 Å². The van der Waals surface area contributed by atoms with E-state index in [-0.39, 0.29) is 35.9 Å². The Labute approximate surface area is 108 Å². The maximum atomic E-state index is 12.1. The van der Waals surface area contributed by atoms with Crippen molar-refractivity contribution in [2.24, 2.45) is 0 Å². The number of amides is 2. The number of nitrogens with one attached hydrogen (secondary N) is 1. The highest BCUT2D eigenvalue weighted by molar-refractivity contribution is 6.05. The summed E-state index contributed by atoms with van der Waals surface area (Å²) in [6.45, 7) is 7.18. The van der Waals surface area contributed by atoms with E-state index >= 15 is 0 Å². The third kappa shape index (κ3) is 2.57. The summed E-state index contributed by atoms with van der Waals surface area (Å²) in [6.07, 6.45) is 2.34. The molecule has 0 aromatic heterocycles. The van der Waals surface area contributed by atoms with E-state index in [1.54, 1.807) is 0 Å². The van der Waals surface area contributed by atoms with Crippen molar-refractivity contribution in [2.75, 3.05) is 13.2 Å². The van der Waals surface area contributed by atoms with Crippen LogP contribution in [0.4, 0.5) is 0 Å². The molecule has 18 heavy (non-hydrogen) atoms. The van der Waals surface area contributed by atoms with Crippen molar-refractivity contribution in [1.29, 1.82) is 0 Å². The first kappa shape index (κ1) is 13.5. The molecular formula is C13H22N2O3. The Bertz CT molecular complexity index is 348. The minimum atomic E-state index is -0.374. The molecule has 2 unspecified atom stereocenters. The number of imide groups is 1. The zero-order valence-corrected chi connectivity index (χ0v) is 11.4. The normalized spacial score (nSPS) is 32.9. The molecule has 0 aromatic carbocycles. The van der Waals surface area contributed by atoms with Crippen molar-refractivity contribution >= 4 is 11.8 Å². The first-order valence-corrected chi connectivity index (χ1v) is 6.66. The summed E-state index contributed by atoms with van der Waals surface area (Å²) in [4.78, 5) is 25.2. The van der Waals surface area contributed by atoms with E-state index in [1.165, 1.54) is 4.90 Å². The molecule has 2 amide bonds. The predicted octanol–water partition coefficient (Wildman–Crippen LogP) is 0.681. The number of likely N-dealkylation sites (tertiary alicyclic amines) is 1. The molecule has 2 aliphatic heterocycles. The van der Waals surface area contributed by atoms with Gasteiger partial charge < -0.3 is 10.1 Å². The summed E-state index contributed by atoms with van der Waals surface area (Å²) in [5.41, 5.74) is -0.186. The van der Waals surface area contributed by atoms with Crippen molar-refractivity contribution < 1.29 is 14.3 Å². The average molecular weight is 254 g/mol. The molecule has 0 bridgehead atoms. The van der Waals surface area contributed by atoms with Gasteiger partial charge in [-0.05, 0) is 33.6 Å². The predicted molar refractivity (Wildman–Crippen MR) is 67.0 cm³/mol. The standard InChI is InChI=1S/C13H22N2O3/c1-9(2)15-11(16)7-10(12(15)17)14-8-13(3)5-4-6-18-13/h9-10,14H,4-8H2,1-3H3. The van der Waals surface area contributed by atoms with Gasteiger partial charge in [0, 0.05) is 19.2 Å². The van der Waals surface area contributed by atoms with E-state index in [2.05, 4.69) is 12.2 Å². The monoisotopic (exact) mass is 254 g/mol. The van der Waals surface area contributed by atoms with Crippen LogP contribution in [-0.4, -0.2) is 47.6 Å². The molecule has 2 saturated heterocycles. The second-order valence-corrected chi connectivity index (χ2v) is 5.74. The highest BCUT2D eigenvalue weighted by Crippen LogP contribution is 2.25. The van der Waals surface area contributed by atoms with Crippen molar-refractivity contribution in [3.63, 3.8) is 0 Å². The first-order chi connectivity index (χ1) is 8.43. The van der Waals surface area contributed by atoms with Crippen LogP contribution in [0.1, 0.15) is 40.0 Å². The van der Waals surface area contributed by atoms with Gasteiger partial charge in [-0.1, -0.05) is 0 Å². The Morgan fingerprint density at radius 1 is 1.50 bits per heavy atom. The van der Waals surface area contributed by atoms with Crippen molar-refractivity contribution in [3.8, 4) is 0 Å². The topological polar surface area (TPSA) is 58.6 Å². The minimum Gasteiger partial charge on any atom is -0.374 e. The van der Waals surface area contributed by atoms with Gasteiger partial charge in [-0.3, -0.25) is 14.5 Å². The molecule has 5 nitrogen and oxygen atoms in total. The minimum absolute atomic E-state index is 0.0601. The lowest BCUT2D eigenvalue weighted by Crippen LogP contribution is -2.46. The molecule has 2 fully saturated rings. The Kier molecular flexibility index (Phi) is 3.73. The molecular weight excluding hydrogens is 232 g/mol. The molecule has 2 rings (SSSR count). The number of carbonyl (C=O) groups is 2. The highest BCUT2D eigenvalue weighted by Gasteiger charge is 2.41. The molecule has 2 atom stereocenters. The van der Waals surface area contributed by atoms with E-state index in [0.29, 0.717) is 6.54 Å². The van der Waals surface area contributed by atoms with E-state index in [4.69, 9.17) is 4.74 Å². The van der Waals surface area contributed by atoms with Crippen LogP contribution in [0.5, 0.6) is 0 Å². The van der Waals surface area contributed by atoms with Crippen LogP contribution in [-0.2, 0) is 14.3 Å². The summed E-state index contributed by atoms with van der Waals surface area (Å²) in [5, 5.41) is 3.19. The zero-order chi connectivity index (χ0) is 13.3. The lowest BCUT2D eigenvalue weighted by molar-refractivity contribution is -0.140. The Morgan fingerprint density at radius 3 is 2.72 bits per heavy atom. The van der Waals surface area contributed by atoms with Gasteiger partial charge >= 0.3 is 0 Å². The molecule has 2 aliphatic rings. The molecule has 2 heterocycles. The maximum absolute atomic E-state index is 12.1. The number of hydrogen-bond acceptors (Lipinski definition) is 4. The van der Waals surface area contributed by atoms with Crippen LogP contribution < -0.4 is 5.32 Å². The van der Waals surface area contributed by atoms with Gasteiger partial charge in [0.15, 0.2) is 0 Å². The molecule has 0 aromatic rings. The summed E-state index contributed by atoms with van der Waals surface area (Å²) in [7, 11) is 0. The second-order valence-electron chi connectivity index (χ2n) is 5.74. The number of hydrogen-bond donors (Lipinski definition) is 1. The molecule has 5 heteroatoms. The smallest absolute Gasteiger partial charge is 0.247 e. The second kappa shape index (κ2) is 4.97. The van der Waals surface area contributed by atoms with Crippen LogP contribution >= 0.6 is 0 Å². The van der Waals surface area contributed by atoms with Gasteiger partial charge in [-0.15, -0.1) is 0 Å². The molecule has 0 spiro atoms. The molecule has 0 aliphatic carbocycles. The first-order valence-electron chi connectivity index (χ1n) is 6.66. The Morgan fingerprint density at radius 2 is 2.22 bits per heavy atom. The number of ether oxygens (including phenoxy) is 1. The fraction of sp³-hybridized carbons (Fsp3) is 0.846. The van der Waals surface area contributed by atoms with Crippen molar-refractivity contribution in [1.82, 2.24) is 10.2 Å². The average Bonchev–Trinajstić information content (AvgIpc) is 2.81. The van der Waals surface area contributed by atoms with Crippen LogP contribution in [0.25, 0.3) is 0 Å². The van der Waals surface area contributed by atoms with Gasteiger partial charge in [0.2, 0.25) is 11.8 Å². The number of nitrogens with zero attached hydrogens (tertiary/aromatic N) is 1. The maximum Gasteiger partial charge on any atom is 0.247 e. The lowest BCUT2D eigenvalue weighted by Gasteiger charge is -2.25. The molecule has 0 radical (unpaired) electrons. The summed E-state index contributed by atoms with van der Waals surface area (Å²) in [6, 6.07) is -0.434. The van der Waals surface area contributed by atoms with Crippen LogP contribution in [0, 0.1) is 0 Å². The SMILES string of the molecule is CC(C)N1C(=O)CC(NCC2(C)CCCO2)C1=O. The molecule has 1 N–H and O–H groups in total. The zero-order valence-electron chi connectivity index (χ0n) is 11.4. The molecule has 0 saturated carbocycles. The van der Waals surface area contributed by atoms with Gasteiger partial charge in [-0.2, -0.15) is 0 Å². The largest absolute Gasteiger partial charge is 0.374 e. The number of rotatable bonds is 4. The van der Waals surface area contributed by atoms with Gasteiger partial charge in [0.05, 0.1) is 18.1 Å². The van der Waals surface area contributed by atoms with Gasteiger partial charge in [0.25, 0.3) is 0 Å².